The molecule has 0 unspecified atom stereocenters. The highest BCUT2D eigenvalue weighted by Crippen LogP contribution is 2.02. The van der Waals surface area contributed by atoms with Crippen LogP contribution in [0.3, 0.4) is 0 Å². The third-order valence-corrected chi connectivity index (χ3v) is 1.78. The van der Waals surface area contributed by atoms with Crippen molar-refractivity contribution in [3.8, 4) is 0 Å². The Labute approximate surface area is 73.3 Å². The molecule has 0 atom stereocenters. The van der Waals surface area contributed by atoms with Crippen molar-refractivity contribution in [1.29, 1.82) is 0 Å². The third-order valence-electron chi connectivity index (χ3n) is 1.36. The fraction of sp³-hybridized carbons (Fsp3) is 0. The maximum absolute atomic E-state index is 3.94. The molecule has 4 nitrogen and oxygen atoms in total. The van der Waals surface area contributed by atoms with Gasteiger partial charge >= 0.3 is 0 Å². The van der Waals surface area contributed by atoms with Crippen LogP contribution in [0.5, 0.6) is 0 Å². The Hall–Kier alpha value is -1.49. The molecular weight excluding hydrogens is 172 g/mol. The van der Waals surface area contributed by atoms with Crippen molar-refractivity contribution in [3.63, 3.8) is 0 Å². The number of H-pyrrole nitrogens is 1. The van der Waals surface area contributed by atoms with Gasteiger partial charge in [-0.3, -0.25) is 0 Å². The molecule has 2 rings (SSSR count). The SMILES string of the molecule is C(=Cc1nnsn1)c1cc[nH]c1. The molecule has 0 radical (unpaired) electrons. The number of aromatic nitrogens is 4. The quantitative estimate of drug-likeness (QED) is 0.756. The Morgan fingerprint density at radius 1 is 1.42 bits per heavy atom. The second-order valence-electron chi connectivity index (χ2n) is 2.19. The number of aromatic amines is 1. The smallest absolute Gasteiger partial charge is 0.189 e. The summed E-state index contributed by atoms with van der Waals surface area (Å²) in [4.78, 5) is 2.95. The van der Waals surface area contributed by atoms with Gasteiger partial charge in [0.2, 0.25) is 0 Å². The Kier molecular flexibility index (Phi) is 1.96. The number of nitrogens with zero attached hydrogens (tertiary/aromatic N) is 3. The van der Waals surface area contributed by atoms with E-state index in [0.29, 0.717) is 5.82 Å². The van der Waals surface area contributed by atoms with Crippen molar-refractivity contribution in [2.24, 2.45) is 0 Å². The number of hydrogen-bond acceptors (Lipinski definition) is 4. The predicted octanol–water partition coefficient (Wildman–Crippen LogP) is 1.43. The van der Waals surface area contributed by atoms with E-state index in [9.17, 15) is 0 Å². The second kappa shape index (κ2) is 3.27. The van der Waals surface area contributed by atoms with Crippen molar-refractivity contribution in [2.45, 2.75) is 0 Å². The maximum atomic E-state index is 3.94. The maximum Gasteiger partial charge on any atom is 0.189 e. The summed E-state index contributed by atoms with van der Waals surface area (Å²) in [6, 6.07) is 1.97. The lowest BCUT2D eigenvalue weighted by Gasteiger charge is -1.79. The standard InChI is InChI=1S/C7H6N4S/c1(6-3-4-8-5-6)2-7-9-11-12-10-7/h1-5,8H. The molecule has 60 valence electrons. The van der Waals surface area contributed by atoms with Crippen LogP contribution in [0.1, 0.15) is 11.4 Å². The molecule has 0 aliphatic carbocycles. The largest absolute Gasteiger partial charge is 0.367 e. The van der Waals surface area contributed by atoms with E-state index >= 15 is 0 Å². The van der Waals surface area contributed by atoms with E-state index in [1.807, 2.05) is 30.6 Å². The zero-order valence-corrected chi connectivity index (χ0v) is 6.95. The monoisotopic (exact) mass is 178 g/mol. The van der Waals surface area contributed by atoms with Gasteiger partial charge in [0, 0.05) is 12.4 Å². The molecule has 2 aromatic heterocycles. The molecule has 0 aromatic carbocycles. The van der Waals surface area contributed by atoms with Crippen molar-refractivity contribution in [3.05, 3.63) is 29.8 Å². The van der Waals surface area contributed by atoms with E-state index in [4.69, 9.17) is 0 Å². The van der Waals surface area contributed by atoms with E-state index in [2.05, 4.69) is 18.9 Å². The van der Waals surface area contributed by atoms with Crippen molar-refractivity contribution >= 4 is 23.9 Å². The molecule has 0 spiro atoms. The summed E-state index contributed by atoms with van der Waals surface area (Å²) in [5.74, 6) is 0.654. The Balaban J connectivity index is 2.14. The van der Waals surface area contributed by atoms with Crippen LogP contribution in [0.2, 0.25) is 0 Å². The highest BCUT2D eigenvalue weighted by molar-refractivity contribution is 6.98. The molecule has 0 fully saturated rings. The Morgan fingerprint density at radius 3 is 3.08 bits per heavy atom. The minimum Gasteiger partial charge on any atom is -0.367 e. The summed E-state index contributed by atoms with van der Waals surface area (Å²) in [6.07, 6.45) is 7.52. The number of hydrogen-bond donors (Lipinski definition) is 1. The van der Waals surface area contributed by atoms with Gasteiger partial charge in [-0.2, -0.15) is 4.37 Å². The Bertz CT molecular complexity index is 312. The van der Waals surface area contributed by atoms with E-state index in [-0.39, 0.29) is 0 Å². The van der Waals surface area contributed by atoms with Gasteiger partial charge in [-0.15, -0.1) is 5.10 Å². The van der Waals surface area contributed by atoms with Crippen LogP contribution < -0.4 is 0 Å². The first-order valence-corrected chi connectivity index (χ1v) is 4.14. The highest BCUT2D eigenvalue weighted by Gasteiger charge is 1.90. The average Bonchev–Trinajstić information content (AvgIpc) is 2.74. The second-order valence-corrected chi connectivity index (χ2v) is 2.70. The van der Waals surface area contributed by atoms with Crippen LogP contribution in [0.15, 0.2) is 18.5 Å². The lowest BCUT2D eigenvalue weighted by Crippen LogP contribution is -1.73. The molecule has 2 aromatic rings. The number of nitrogens with one attached hydrogen (secondary N) is 1. The first kappa shape index (κ1) is 7.17. The normalized spacial score (nSPS) is 11.0. The molecule has 0 amide bonds. The van der Waals surface area contributed by atoms with Gasteiger partial charge in [-0.1, -0.05) is 4.49 Å². The molecule has 2 heterocycles. The molecule has 5 heteroatoms. The fourth-order valence-electron chi connectivity index (χ4n) is 0.813. The first-order valence-electron chi connectivity index (χ1n) is 3.41. The molecule has 1 N–H and O–H groups in total. The van der Waals surface area contributed by atoms with Crippen molar-refractivity contribution in [2.75, 3.05) is 0 Å². The molecule has 0 saturated heterocycles. The zero-order valence-electron chi connectivity index (χ0n) is 6.14. The van der Waals surface area contributed by atoms with Gasteiger partial charge in [0.25, 0.3) is 0 Å². The van der Waals surface area contributed by atoms with E-state index in [1.165, 1.54) is 0 Å². The summed E-state index contributed by atoms with van der Waals surface area (Å²) in [6.45, 7) is 0. The van der Waals surface area contributed by atoms with Crippen LogP contribution >= 0.6 is 11.7 Å². The lowest BCUT2D eigenvalue weighted by molar-refractivity contribution is 1.11. The predicted molar refractivity (Wildman–Crippen MR) is 47.4 cm³/mol. The van der Waals surface area contributed by atoms with Crippen LogP contribution in [-0.2, 0) is 0 Å². The zero-order chi connectivity index (χ0) is 8.23. The van der Waals surface area contributed by atoms with Gasteiger partial charge in [-0.25, -0.2) is 0 Å². The van der Waals surface area contributed by atoms with Gasteiger partial charge in [0.05, 0.1) is 11.7 Å². The molecule has 0 saturated carbocycles. The summed E-state index contributed by atoms with van der Waals surface area (Å²) < 4.78 is 7.58. The van der Waals surface area contributed by atoms with Crippen LogP contribution in [-0.4, -0.2) is 18.9 Å². The summed E-state index contributed by atoms with van der Waals surface area (Å²) in [7, 11) is 0. The van der Waals surface area contributed by atoms with Gasteiger partial charge < -0.3 is 4.98 Å². The molecular formula is C7H6N4S. The lowest BCUT2D eigenvalue weighted by atomic mass is 10.3. The van der Waals surface area contributed by atoms with Crippen LogP contribution in [0, 0.1) is 0 Å². The minimum atomic E-state index is 0.654. The first-order chi connectivity index (χ1) is 5.95. The summed E-state index contributed by atoms with van der Waals surface area (Å²) >= 11 is 1.11. The van der Waals surface area contributed by atoms with E-state index in [0.717, 1.165) is 17.3 Å². The van der Waals surface area contributed by atoms with Gasteiger partial charge in [0.1, 0.15) is 0 Å². The highest BCUT2D eigenvalue weighted by atomic mass is 32.1. The topological polar surface area (TPSA) is 54.5 Å². The molecule has 12 heavy (non-hydrogen) atoms. The average molecular weight is 178 g/mol. The minimum absolute atomic E-state index is 0.654. The summed E-state index contributed by atoms with van der Waals surface area (Å²) in [5.41, 5.74) is 1.10. The third kappa shape index (κ3) is 1.57. The van der Waals surface area contributed by atoms with E-state index in [1.54, 1.807) is 0 Å². The van der Waals surface area contributed by atoms with Crippen LogP contribution in [0.25, 0.3) is 12.2 Å². The van der Waals surface area contributed by atoms with E-state index < -0.39 is 0 Å². The van der Waals surface area contributed by atoms with Crippen LogP contribution in [0.4, 0.5) is 0 Å². The fourth-order valence-corrected chi connectivity index (χ4v) is 1.15. The Morgan fingerprint density at radius 2 is 2.42 bits per heavy atom. The van der Waals surface area contributed by atoms with Crippen molar-refractivity contribution < 1.29 is 0 Å². The molecule has 0 bridgehead atoms. The number of rotatable bonds is 2. The summed E-state index contributed by atoms with van der Waals surface area (Å²) in [5, 5.41) is 3.78. The van der Waals surface area contributed by atoms with Gasteiger partial charge in [0.15, 0.2) is 5.82 Å². The van der Waals surface area contributed by atoms with Crippen molar-refractivity contribution in [1.82, 2.24) is 18.9 Å². The van der Waals surface area contributed by atoms with Gasteiger partial charge in [-0.05, 0) is 23.8 Å². The molecule has 0 aliphatic heterocycles. The molecule has 0 aliphatic rings.